The molecule has 0 radical (unpaired) electrons. The first-order valence-electron chi connectivity index (χ1n) is 4.40. The minimum atomic E-state index is -0.770. The molecule has 2 N–H and O–H groups in total. The Kier molecular flexibility index (Phi) is 2.23. The molecule has 1 aliphatic carbocycles. The van der Waals surface area contributed by atoms with Gasteiger partial charge in [-0.2, -0.15) is 0 Å². The van der Waals surface area contributed by atoms with Gasteiger partial charge in [0.15, 0.2) is 0 Å². The molecular formula is C10H10BrNO2. The molecule has 1 aromatic carbocycles. The number of carboxylic acid groups (broad SMARTS) is 1. The van der Waals surface area contributed by atoms with Crippen LogP contribution in [0.5, 0.6) is 0 Å². The van der Waals surface area contributed by atoms with Crippen molar-refractivity contribution >= 4 is 27.6 Å². The van der Waals surface area contributed by atoms with Crippen molar-refractivity contribution in [2.75, 3.05) is 5.32 Å². The number of aliphatic carboxylic acids is 1. The van der Waals surface area contributed by atoms with Crippen LogP contribution in [0, 0.1) is 0 Å². The average molecular weight is 256 g/mol. The molecule has 1 saturated carbocycles. The Hall–Kier alpha value is -1.03. The number of nitrogens with one attached hydrogen (secondary N) is 1. The van der Waals surface area contributed by atoms with Crippen LogP contribution in [-0.4, -0.2) is 16.6 Å². The molecule has 74 valence electrons. The van der Waals surface area contributed by atoms with Crippen molar-refractivity contribution in [2.24, 2.45) is 0 Å². The fourth-order valence-electron chi connectivity index (χ4n) is 1.34. The van der Waals surface area contributed by atoms with Gasteiger partial charge in [0.2, 0.25) is 0 Å². The average Bonchev–Trinajstić information content (AvgIpc) is 2.90. The molecule has 0 unspecified atom stereocenters. The Bertz CT molecular complexity index is 374. The van der Waals surface area contributed by atoms with E-state index < -0.39 is 11.5 Å². The van der Waals surface area contributed by atoms with Crippen LogP contribution in [0.25, 0.3) is 0 Å². The monoisotopic (exact) mass is 255 g/mol. The summed E-state index contributed by atoms with van der Waals surface area (Å²) >= 11 is 3.37. The molecule has 2 rings (SSSR count). The van der Waals surface area contributed by atoms with Crippen molar-refractivity contribution in [3.05, 3.63) is 28.7 Å². The molecular weight excluding hydrogens is 246 g/mol. The van der Waals surface area contributed by atoms with E-state index in [1.54, 1.807) is 0 Å². The van der Waals surface area contributed by atoms with E-state index in [-0.39, 0.29) is 0 Å². The zero-order valence-electron chi connectivity index (χ0n) is 7.46. The number of carboxylic acids is 1. The van der Waals surface area contributed by atoms with Gasteiger partial charge in [-0.3, -0.25) is 0 Å². The Morgan fingerprint density at radius 1 is 1.43 bits per heavy atom. The largest absolute Gasteiger partial charge is 0.480 e. The lowest BCUT2D eigenvalue weighted by Gasteiger charge is -2.14. The maximum atomic E-state index is 10.9. The number of anilines is 1. The van der Waals surface area contributed by atoms with Gasteiger partial charge in [0.25, 0.3) is 0 Å². The van der Waals surface area contributed by atoms with E-state index in [4.69, 9.17) is 5.11 Å². The van der Waals surface area contributed by atoms with Crippen molar-refractivity contribution in [1.29, 1.82) is 0 Å². The minimum absolute atomic E-state index is 0.698. The number of hydrogen-bond acceptors (Lipinski definition) is 2. The van der Waals surface area contributed by atoms with Crippen LogP contribution < -0.4 is 5.32 Å². The molecule has 0 atom stereocenters. The quantitative estimate of drug-likeness (QED) is 0.873. The van der Waals surface area contributed by atoms with Crippen LogP contribution in [0.4, 0.5) is 5.69 Å². The van der Waals surface area contributed by atoms with Gasteiger partial charge in [0, 0.05) is 10.2 Å². The van der Waals surface area contributed by atoms with E-state index in [0.29, 0.717) is 12.8 Å². The molecule has 0 bridgehead atoms. The molecule has 0 spiro atoms. The predicted molar refractivity (Wildman–Crippen MR) is 57.4 cm³/mol. The van der Waals surface area contributed by atoms with Crippen molar-refractivity contribution in [1.82, 2.24) is 0 Å². The van der Waals surface area contributed by atoms with Crippen molar-refractivity contribution in [3.63, 3.8) is 0 Å². The molecule has 1 aromatic rings. The smallest absolute Gasteiger partial charge is 0.329 e. The number of rotatable bonds is 3. The van der Waals surface area contributed by atoms with E-state index in [1.165, 1.54) is 0 Å². The first kappa shape index (κ1) is 9.52. The summed E-state index contributed by atoms with van der Waals surface area (Å²) in [6.45, 7) is 0. The molecule has 0 heterocycles. The van der Waals surface area contributed by atoms with E-state index in [0.717, 1.165) is 10.2 Å². The lowest BCUT2D eigenvalue weighted by molar-refractivity contribution is -0.138. The lowest BCUT2D eigenvalue weighted by atomic mass is 10.2. The standard InChI is InChI=1S/C10H10BrNO2/c11-7-3-1-2-4-8(7)12-10(5-6-10)9(13)14/h1-4,12H,5-6H2,(H,13,14). The molecule has 0 aliphatic heterocycles. The molecule has 0 amide bonds. The number of benzene rings is 1. The van der Waals surface area contributed by atoms with E-state index in [2.05, 4.69) is 21.2 Å². The molecule has 3 nitrogen and oxygen atoms in total. The second kappa shape index (κ2) is 3.28. The third-order valence-corrected chi connectivity index (χ3v) is 3.10. The summed E-state index contributed by atoms with van der Waals surface area (Å²) in [7, 11) is 0. The Balaban J connectivity index is 2.19. The Labute approximate surface area is 90.3 Å². The summed E-state index contributed by atoms with van der Waals surface area (Å²) in [5.74, 6) is -0.770. The molecule has 0 aromatic heterocycles. The molecule has 14 heavy (non-hydrogen) atoms. The third-order valence-electron chi connectivity index (χ3n) is 2.41. The summed E-state index contributed by atoms with van der Waals surface area (Å²) in [6, 6.07) is 7.54. The molecule has 0 saturated heterocycles. The van der Waals surface area contributed by atoms with Gasteiger partial charge in [-0.05, 0) is 40.9 Å². The second-order valence-electron chi connectivity index (χ2n) is 3.49. The Morgan fingerprint density at radius 3 is 2.57 bits per heavy atom. The Morgan fingerprint density at radius 2 is 2.07 bits per heavy atom. The maximum absolute atomic E-state index is 10.9. The zero-order chi connectivity index (χ0) is 10.2. The SMILES string of the molecule is O=C(O)C1(Nc2ccccc2Br)CC1. The minimum Gasteiger partial charge on any atom is -0.480 e. The topological polar surface area (TPSA) is 49.3 Å². The van der Waals surface area contributed by atoms with Crippen LogP contribution in [0.15, 0.2) is 28.7 Å². The zero-order valence-corrected chi connectivity index (χ0v) is 9.04. The number of para-hydroxylation sites is 1. The fraction of sp³-hybridized carbons (Fsp3) is 0.300. The van der Waals surface area contributed by atoms with E-state index in [9.17, 15) is 4.79 Å². The van der Waals surface area contributed by atoms with Crippen molar-refractivity contribution < 1.29 is 9.90 Å². The first-order chi connectivity index (χ1) is 6.64. The molecule has 1 aliphatic rings. The highest BCUT2D eigenvalue weighted by Crippen LogP contribution is 2.40. The van der Waals surface area contributed by atoms with Gasteiger partial charge in [-0.1, -0.05) is 12.1 Å². The summed E-state index contributed by atoms with van der Waals surface area (Å²) < 4.78 is 0.896. The van der Waals surface area contributed by atoms with Gasteiger partial charge in [-0.25, -0.2) is 4.79 Å². The summed E-state index contributed by atoms with van der Waals surface area (Å²) in [5, 5.41) is 12.0. The van der Waals surface area contributed by atoms with Crippen LogP contribution in [0.1, 0.15) is 12.8 Å². The van der Waals surface area contributed by atoms with Crippen LogP contribution in [-0.2, 0) is 4.79 Å². The second-order valence-corrected chi connectivity index (χ2v) is 4.35. The predicted octanol–water partition coefficient (Wildman–Crippen LogP) is 2.48. The number of halogens is 1. The fourth-order valence-corrected chi connectivity index (χ4v) is 1.72. The van der Waals surface area contributed by atoms with Gasteiger partial charge < -0.3 is 10.4 Å². The lowest BCUT2D eigenvalue weighted by Crippen LogP contribution is -2.31. The van der Waals surface area contributed by atoms with Crippen molar-refractivity contribution in [2.45, 2.75) is 18.4 Å². The highest BCUT2D eigenvalue weighted by atomic mass is 79.9. The number of hydrogen-bond donors (Lipinski definition) is 2. The number of carbonyl (C=O) groups is 1. The third kappa shape index (κ3) is 1.62. The van der Waals surface area contributed by atoms with Gasteiger partial charge in [0.05, 0.1) is 0 Å². The van der Waals surface area contributed by atoms with Crippen LogP contribution >= 0.6 is 15.9 Å². The highest BCUT2D eigenvalue weighted by molar-refractivity contribution is 9.10. The van der Waals surface area contributed by atoms with E-state index in [1.807, 2.05) is 24.3 Å². The van der Waals surface area contributed by atoms with E-state index >= 15 is 0 Å². The molecule has 1 fully saturated rings. The van der Waals surface area contributed by atoms with Gasteiger partial charge >= 0.3 is 5.97 Å². The maximum Gasteiger partial charge on any atom is 0.329 e. The van der Waals surface area contributed by atoms with Crippen LogP contribution in [0.3, 0.4) is 0 Å². The highest BCUT2D eigenvalue weighted by Gasteiger charge is 2.50. The first-order valence-corrected chi connectivity index (χ1v) is 5.19. The van der Waals surface area contributed by atoms with Gasteiger partial charge in [-0.15, -0.1) is 0 Å². The van der Waals surface area contributed by atoms with Crippen molar-refractivity contribution in [3.8, 4) is 0 Å². The summed E-state index contributed by atoms with van der Waals surface area (Å²) in [5.41, 5.74) is 0.122. The summed E-state index contributed by atoms with van der Waals surface area (Å²) in [4.78, 5) is 10.9. The normalized spacial score (nSPS) is 17.5. The van der Waals surface area contributed by atoms with Gasteiger partial charge in [0.1, 0.15) is 5.54 Å². The van der Waals surface area contributed by atoms with Crippen LogP contribution in [0.2, 0.25) is 0 Å². The molecule has 4 heteroatoms. The summed E-state index contributed by atoms with van der Waals surface area (Å²) in [6.07, 6.45) is 1.40.